The largest absolute Gasteiger partial charge is 0.493 e. The Labute approximate surface area is 234 Å². The van der Waals surface area contributed by atoms with Crippen molar-refractivity contribution in [2.24, 2.45) is 5.92 Å². The van der Waals surface area contributed by atoms with Crippen molar-refractivity contribution in [3.8, 4) is 33.8 Å². The van der Waals surface area contributed by atoms with E-state index in [4.69, 9.17) is 14.5 Å². The lowest BCUT2D eigenvalue weighted by atomic mass is 9.77. The topological polar surface area (TPSA) is 47.9 Å². The Balaban J connectivity index is 1.52. The molecule has 0 atom stereocenters. The molecule has 0 amide bonds. The van der Waals surface area contributed by atoms with Crippen LogP contribution in [0, 0.1) is 5.92 Å². The molecule has 0 heterocycles. The zero-order valence-corrected chi connectivity index (χ0v) is 23.9. The molecule has 208 valence electrons. The smallest absolute Gasteiger partial charge is 0.169 e. The molecule has 3 aromatic carbocycles. The Bertz CT molecular complexity index is 1210. The van der Waals surface area contributed by atoms with E-state index in [-0.39, 0.29) is 6.61 Å². The van der Waals surface area contributed by atoms with Gasteiger partial charge in [-0.1, -0.05) is 75.7 Å². The molecule has 0 aromatic heterocycles. The summed E-state index contributed by atoms with van der Waals surface area (Å²) in [7, 11) is 1.49. The summed E-state index contributed by atoms with van der Waals surface area (Å²) in [4.78, 5) is 10.3. The van der Waals surface area contributed by atoms with Gasteiger partial charge in [0.2, 0.25) is 0 Å². The molecule has 1 fully saturated rings. The van der Waals surface area contributed by atoms with Gasteiger partial charge >= 0.3 is 0 Å². The molecule has 0 radical (unpaired) electrons. The number of rotatable bonds is 13. The summed E-state index contributed by atoms with van der Waals surface area (Å²) in [5.74, 6) is 2.91. The van der Waals surface area contributed by atoms with E-state index < -0.39 is 0 Å². The third kappa shape index (κ3) is 7.74. The van der Waals surface area contributed by atoms with Gasteiger partial charge in [0.05, 0.1) is 20.3 Å². The highest BCUT2D eigenvalue weighted by atomic mass is 17.2. The van der Waals surface area contributed by atoms with Crippen molar-refractivity contribution in [1.82, 2.24) is 0 Å². The third-order valence-corrected chi connectivity index (χ3v) is 8.06. The van der Waals surface area contributed by atoms with Gasteiger partial charge in [-0.3, -0.25) is 0 Å². The molecule has 4 heteroatoms. The number of aryl methyl sites for hydroxylation is 1. The summed E-state index contributed by atoms with van der Waals surface area (Å²) in [5, 5.41) is 9.20. The molecule has 1 saturated carbocycles. The molecule has 1 N–H and O–H groups in total. The second-order valence-electron chi connectivity index (χ2n) is 10.8. The van der Waals surface area contributed by atoms with Gasteiger partial charge in [0.25, 0.3) is 0 Å². The van der Waals surface area contributed by atoms with Crippen LogP contribution in [0.1, 0.15) is 75.8 Å². The van der Waals surface area contributed by atoms with Crippen molar-refractivity contribution in [1.29, 1.82) is 0 Å². The molecule has 1 aliphatic rings. The summed E-state index contributed by atoms with van der Waals surface area (Å²) in [6, 6.07) is 21.8. The second-order valence-corrected chi connectivity index (χ2v) is 10.8. The Morgan fingerprint density at radius 3 is 2.26 bits per heavy atom. The average molecular weight is 529 g/mol. The SMILES string of the molecule is C=C(CO)CCOc1cc(OOC)cc(-c2ccc(-c3ccc(C4CCC(CCC)CC4)cc3)c(CC)c2)c1. The van der Waals surface area contributed by atoms with Crippen LogP contribution in [0.25, 0.3) is 22.3 Å². The van der Waals surface area contributed by atoms with E-state index in [2.05, 4.69) is 62.9 Å². The van der Waals surface area contributed by atoms with Crippen molar-refractivity contribution in [3.63, 3.8) is 0 Å². The summed E-state index contributed by atoms with van der Waals surface area (Å²) in [5.41, 5.74) is 8.19. The van der Waals surface area contributed by atoms with Crippen LogP contribution in [0.15, 0.2) is 72.8 Å². The maximum absolute atomic E-state index is 9.20. The van der Waals surface area contributed by atoms with Crippen LogP contribution in [-0.2, 0) is 11.3 Å². The molecular weight excluding hydrogens is 484 g/mol. The molecular formula is C35H44O4. The molecule has 0 saturated heterocycles. The Kier molecular flexibility index (Phi) is 10.6. The fourth-order valence-corrected chi connectivity index (χ4v) is 5.83. The van der Waals surface area contributed by atoms with Gasteiger partial charge in [-0.05, 0) is 95.0 Å². The fraction of sp³-hybridized carbons (Fsp3) is 0.429. The lowest BCUT2D eigenvalue weighted by Crippen LogP contribution is -2.13. The van der Waals surface area contributed by atoms with Gasteiger partial charge in [-0.15, -0.1) is 0 Å². The van der Waals surface area contributed by atoms with Crippen LogP contribution in [0.3, 0.4) is 0 Å². The van der Waals surface area contributed by atoms with Gasteiger partial charge in [0.15, 0.2) is 5.75 Å². The average Bonchev–Trinajstić information content (AvgIpc) is 2.97. The lowest BCUT2D eigenvalue weighted by Gasteiger charge is -2.28. The normalized spacial score (nSPS) is 17.1. The highest BCUT2D eigenvalue weighted by Gasteiger charge is 2.22. The van der Waals surface area contributed by atoms with Crippen molar-refractivity contribution in [2.75, 3.05) is 20.3 Å². The second kappa shape index (κ2) is 14.3. The van der Waals surface area contributed by atoms with Gasteiger partial charge in [0, 0.05) is 12.5 Å². The number of benzene rings is 3. The van der Waals surface area contributed by atoms with E-state index >= 15 is 0 Å². The van der Waals surface area contributed by atoms with Crippen LogP contribution < -0.4 is 9.62 Å². The summed E-state index contributed by atoms with van der Waals surface area (Å²) in [6.45, 7) is 8.75. The van der Waals surface area contributed by atoms with Crippen LogP contribution in [0.4, 0.5) is 0 Å². The molecule has 1 aliphatic carbocycles. The standard InChI is InChI=1S/C35H44O4/c1-5-7-26-8-10-28(11-9-26)29-12-14-30(15-13-29)35-17-16-31(20-27(35)6-2)32-21-33(23-34(22-32)39-37-4)38-19-18-25(3)24-36/h12-17,20-23,26,28,36H,3,5-11,18-19,24H2,1-2,4H3. The highest BCUT2D eigenvalue weighted by molar-refractivity contribution is 5.75. The monoisotopic (exact) mass is 528 g/mol. The van der Waals surface area contributed by atoms with Crippen LogP contribution in [-0.4, -0.2) is 25.4 Å². The first-order chi connectivity index (χ1) is 19.0. The van der Waals surface area contributed by atoms with Crippen molar-refractivity contribution < 1.29 is 19.6 Å². The number of hydrogen-bond donors (Lipinski definition) is 1. The summed E-state index contributed by atoms with van der Waals surface area (Å²) in [6.07, 6.45) is 9.64. The molecule has 0 bridgehead atoms. The zero-order valence-electron chi connectivity index (χ0n) is 23.9. The van der Waals surface area contributed by atoms with Crippen LogP contribution in [0.5, 0.6) is 11.5 Å². The zero-order chi connectivity index (χ0) is 27.6. The van der Waals surface area contributed by atoms with E-state index in [1.54, 1.807) is 0 Å². The third-order valence-electron chi connectivity index (χ3n) is 8.06. The minimum absolute atomic E-state index is 0.0314. The first-order valence-electron chi connectivity index (χ1n) is 14.5. The summed E-state index contributed by atoms with van der Waals surface area (Å²) >= 11 is 0. The molecule has 4 nitrogen and oxygen atoms in total. The Hall–Kier alpha value is -3.08. The molecule has 0 spiro atoms. The van der Waals surface area contributed by atoms with Gasteiger partial charge in [-0.25, -0.2) is 0 Å². The first kappa shape index (κ1) is 28.9. The fourth-order valence-electron chi connectivity index (χ4n) is 5.83. The van der Waals surface area contributed by atoms with Crippen molar-refractivity contribution in [3.05, 3.63) is 83.9 Å². The van der Waals surface area contributed by atoms with E-state index in [1.165, 1.54) is 67.9 Å². The van der Waals surface area contributed by atoms with Crippen molar-refractivity contribution in [2.45, 2.75) is 71.1 Å². The van der Waals surface area contributed by atoms with E-state index in [0.717, 1.165) is 29.0 Å². The molecule has 0 unspecified atom stereocenters. The predicted molar refractivity (Wildman–Crippen MR) is 160 cm³/mol. The van der Waals surface area contributed by atoms with E-state index in [0.29, 0.717) is 30.4 Å². The van der Waals surface area contributed by atoms with Gasteiger partial charge in [0.1, 0.15) is 5.75 Å². The maximum Gasteiger partial charge on any atom is 0.169 e. The van der Waals surface area contributed by atoms with E-state index in [9.17, 15) is 5.11 Å². The highest BCUT2D eigenvalue weighted by Crippen LogP contribution is 2.39. The number of hydrogen-bond acceptors (Lipinski definition) is 4. The molecule has 39 heavy (non-hydrogen) atoms. The van der Waals surface area contributed by atoms with Gasteiger partial charge in [-0.2, -0.15) is 4.89 Å². The minimum atomic E-state index is -0.0314. The lowest BCUT2D eigenvalue weighted by molar-refractivity contribution is -0.178. The molecule has 4 rings (SSSR count). The Morgan fingerprint density at radius 2 is 1.59 bits per heavy atom. The van der Waals surface area contributed by atoms with Crippen LogP contribution >= 0.6 is 0 Å². The summed E-state index contributed by atoms with van der Waals surface area (Å²) < 4.78 is 5.95. The van der Waals surface area contributed by atoms with Crippen molar-refractivity contribution >= 4 is 0 Å². The predicted octanol–water partition coefficient (Wildman–Crippen LogP) is 8.91. The van der Waals surface area contributed by atoms with E-state index in [1.807, 2.05) is 18.2 Å². The number of aliphatic hydroxyl groups is 1. The Morgan fingerprint density at radius 1 is 0.872 bits per heavy atom. The number of ether oxygens (including phenoxy) is 1. The minimum Gasteiger partial charge on any atom is -0.493 e. The quantitative estimate of drug-likeness (QED) is 0.137. The number of aliphatic hydroxyl groups excluding tert-OH is 1. The first-order valence-corrected chi connectivity index (χ1v) is 14.5. The maximum atomic E-state index is 9.20. The molecule has 3 aromatic rings. The van der Waals surface area contributed by atoms with Gasteiger partial charge < -0.3 is 14.7 Å². The molecule has 0 aliphatic heterocycles. The van der Waals surface area contributed by atoms with Crippen LogP contribution in [0.2, 0.25) is 0 Å².